The van der Waals surface area contributed by atoms with Gasteiger partial charge in [-0.15, -0.1) is 0 Å². The highest BCUT2D eigenvalue weighted by atomic mass is 16.8. The van der Waals surface area contributed by atoms with Crippen molar-refractivity contribution in [1.82, 2.24) is 0 Å². The molecule has 0 spiro atoms. The van der Waals surface area contributed by atoms with Gasteiger partial charge in [-0.3, -0.25) is 24.0 Å². The zero-order chi connectivity index (χ0) is 47.8. The first-order chi connectivity index (χ1) is 30.3. The van der Waals surface area contributed by atoms with Crippen LogP contribution >= 0.6 is 0 Å². The van der Waals surface area contributed by atoms with Crippen molar-refractivity contribution < 1.29 is 61.9 Å². The summed E-state index contributed by atoms with van der Waals surface area (Å²) in [6, 6.07) is 0. The van der Waals surface area contributed by atoms with E-state index in [-0.39, 0.29) is 88.4 Å². The van der Waals surface area contributed by atoms with Crippen molar-refractivity contribution in [2.45, 2.75) is 197 Å². The standard InChI is InChI=1S/C52H80O13/c1-27(2)36-17-22-52(47(57)63-35(10)56)24-23-50(13)37(41(36)52)15-16-39-48(11)20-19-40(49(12,26-59-32(7)53)38(48)18-21-51(39,50)14)64-45-43(29(4)28(3)25-58-45)65-46-44(62-34(9)55)42(61-33(8)54)30(5)31(6)60-46/h28-31,36-46H,1,15-26H2,2-14H3/t28-,29-,30-,31-,36?,37?,38?,39?,40-,41?,42+,43+,44+,45-,46-,48-,49-,50+,51+,52-/m0/s1. The first-order valence-electron chi connectivity index (χ1n) is 24.8. The fourth-order valence-electron chi connectivity index (χ4n) is 15.8. The van der Waals surface area contributed by atoms with Crippen molar-refractivity contribution in [3.63, 3.8) is 0 Å². The van der Waals surface area contributed by atoms with E-state index < -0.39 is 59.6 Å². The second-order valence-corrected chi connectivity index (χ2v) is 23.0. The highest BCUT2D eigenvalue weighted by Gasteiger charge is 2.73. The number of ether oxygens (including phenoxy) is 8. The Kier molecular flexibility index (Phi) is 14.0. The maximum absolute atomic E-state index is 14.0. The Hall–Kier alpha value is -2.87. The Morgan fingerprint density at radius 1 is 0.646 bits per heavy atom. The first-order valence-corrected chi connectivity index (χ1v) is 24.8. The van der Waals surface area contributed by atoms with Crippen LogP contribution in [0.3, 0.4) is 0 Å². The van der Waals surface area contributed by atoms with Crippen LogP contribution in [0.4, 0.5) is 0 Å². The quantitative estimate of drug-likeness (QED) is 0.0673. The van der Waals surface area contributed by atoms with E-state index in [1.807, 2.05) is 13.8 Å². The molecule has 5 aliphatic carbocycles. The number of carbonyl (C=O) groups excluding carboxylic acids is 5. The molecule has 7 aliphatic rings. The zero-order valence-corrected chi connectivity index (χ0v) is 41.7. The van der Waals surface area contributed by atoms with E-state index in [4.69, 9.17) is 37.9 Å². The predicted molar refractivity (Wildman–Crippen MR) is 239 cm³/mol. The van der Waals surface area contributed by atoms with E-state index in [1.165, 1.54) is 27.7 Å². The van der Waals surface area contributed by atoms with Crippen LogP contribution in [-0.2, 0) is 61.9 Å². The molecule has 13 nitrogen and oxygen atoms in total. The van der Waals surface area contributed by atoms with Crippen molar-refractivity contribution in [1.29, 1.82) is 0 Å². The molecule has 0 bridgehead atoms. The molecule has 5 saturated carbocycles. The third-order valence-corrected chi connectivity index (χ3v) is 19.6. The van der Waals surface area contributed by atoms with E-state index in [0.717, 1.165) is 56.9 Å². The molecule has 0 aromatic rings. The Bertz CT molecular complexity index is 1870. The molecule has 0 aromatic carbocycles. The number of fused-ring (bicyclic) bond motifs is 7. The minimum Gasteiger partial charge on any atom is -0.465 e. The summed E-state index contributed by atoms with van der Waals surface area (Å²) in [5, 5.41) is 0. The van der Waals surface area contributed by atoms with Gasteiger partial charge in [0.2, 0.25) is 0 Å². The van der Waals surface area contributed by atoms with Crippen LogP contribution in [0.25, 0.3) is 0 Å². The molecule has 0 amide bonds. The Labute approximate surface area is 387 Å². The lowest BCUT2D eigenvalue weighted by Crippen LogP contribution is -2.68. The lowest BCUT2D eigenvalue weighted by atomic mass is 9.32. The van der Waals surface area contributed by atoms with E-state index in [0.29, 0.717) is 25.4 Å². The monoisotopic (exact) mass is 913 g/mol. The molecule has 0 aromatic heterocycles. The van der Waals surface area contributed by atoms with Crippen LogP contribution in [0.1, 0.15) is 154 Å². The predicted octanol–water partition coefficient (Wildman–Crippen LogP) is 8.92. The van der Waals surface area contributed by atoms with Gasteiger partial charge in [0.15, 0.2) is 18.7 Å². The minimum absolute atomic E-state index is 0.0376. The van der Waals surface area contributed by atoms with Gasteiger partial charge in [0.05, 0.1) is 30.8 Å². The van der Waals surface area contributed by atoms with Gasteiger partial charge in [-0.2, -0.15) is 0 Å². The summed E-state index contributed by atoms with van der Waals surface area (Å²) in [6.45, 7) is 30.4. The van der Waals surface area contributed by atoms with Gasteiger partial charge in [-0.25, -0.2) is 0 Å². The second-order valence-electron chi connectivity index (χ2n) is 23.0. The lowest BCUT2D eigenvalue weighted by molar-refractivity contribution is -0.354. The van der Waals surface area contributed by atoms with E-state index in [9.17, 15) is 24.0 Å². The highest BCUT2D eigenvalue weighted by Crippen LogP contribution is 2.78. The van der Waals surface area contributed by atoms with E-state index in [2.05, 4.69) is 55.0 Å². The molecule has 5 unspecified atom stereocenters. The normalized spacial score (nSPS) is 48.0. The second kappa shape index (κ2) is 18.2. The minimum atomic E-state index is -1.06. The third-order valence-electron chi connectivity index (χ3n) is 19.6. The molecule has 2 aliphatic heterocycles. The van der Waals surface area contributed by atoms with Crippen LogP contribution < -0.4 is 0 Å². The molecule has 65 heavy (non-hydrogen) atoms. The maximum atomic E-state index is 14.0. The molecule has 7 rings (SSSR count). The molecule has 0 N–H and O–H groups in total. The summed E-state index contributed by atoms with van der Waals surface area (Å²) in [5.41, 5.74) is -0.357. The van der Waals surface area contributed by atoms with Crippen molar-refractivity contribution >= 4 is 29.8 Å². The first kappa shape index (κ1) is 50.0. The summed E-state index contributed by atoms with van der Waals surface area (Å²) >= 11 is 0. The Morgan fingerprint density at radius 3 is 1.95 bits per heavy atom. The summed E-state index contributed by atoms with van der Waals surface area (Å²) < 4.78 is 50.2. The summed E-state index contributed by atoms with van der Waals surface area (Å²) in [6.07, 6.45) is 3.71. The smallest absolute Gasteiger partial charge is 0.320 e. The fourth-order valence-corrected chi connectivity index (χ4v) is 15.8. The van der Waals surface area contributed by atoms with Crippen LogP contribution in [0, 0.1) is 74.4 Å². The average Bonchev–Trinajstić information content (AvgIpc) is 3.62. The number of esters is 5. The van der Waals surface area contributed by atoms with Gasteiger partial charge in [0, 0.05) is 39.0 Å². The molecule has 0 radical (unpaired) electrons. The van der Waals surface area contributed by atoms with Crippen LogP contribution in [0.15, 0.2) is 12.2 Å². The Balaban J connectivity index is 1.18. The summed E-state index contributed by atoms with van der Waals surface area (Å²) in [4.78, 5) is 63.7. The van der Waals surface area contributed by atoms with Crippen molar-refractivity contribution in [2.24, 2.45) is 74.4 Å². The van der Waals surface area contributed by atoms with E-state index in [1.54, 1.807) is 0 Å². The number of hydrogen-bond donors (Lipinski definition) is 0. The Morgan fingerprint density at radius 2 is 1.32 bits per heavy atom. The van der Waals surface area contributed by atoms with Gasteiger partial charge in [-0.1, -0.05) is 60.6 Å². The van der Waals surface area contributed by atoms with Crippen LogP contribution in [-0.4, -0.2) is 86.2 Å². The molecule has 366 valence electrons. The molecular weight excluding hydrogens is 833 g/mol. The molecule has 7 fully saturated rings. The van der Waals surface area contributed by atoms with Crippen molar-refractivity contribution in [2.75, 3.05) is 13.2 Å². The summed E-state index contributed by atoms with van der Waals surface area (Å²) in [5.74, 6) is -1.41. The van der Waals surface area contributed by atoms with Crippen molar-refractivity contribution in [3.8, 4) is 0 Å². The third kappa shape index (κ3) is 8.44. The SMILES string of the molecule is C=C(C)C1CC[C@]2(C(=O)OC(C)=O)CC[C@]3(C)C(CCC4[C@@]5(C)CC[C@H](O[C@@H]6OC[C@H](C)[C@H](C)[C@H]6O[C@@H]6O[C@@H](C)[C@H](C)[C@@H](OC(C)=O)[C@H]6OC(C)=O)[C@@](C)(COC(C)=O)C5CC[C@]43C)C12. The van der Waals surface area contributed by atoms with Crippen LogP contribution in [0.5, 0.6) is 0 Å². The van der Waals surface area contributed by atoms with Gasteiger partial charge >= 0.3 is 29.8 Å². The number of allylic oxidation sites excluding steroid dienone is 1. The van der Waals surface area contributed by atoms with Crippen molar-refractivity contribution in [3.05, 3.63) is 12.2 Å². The molecular formula is C52H80O13. The lowest BCUT2D eigenvalue weighted by Gasteiger charge is -2.73. The largest absolute Gasteiger partial charge is 0.465 e. The van der Waals surface area contributed by atoms with Crippen LogP contribution in [0.2, 0.25) is 0 Å². The average molecular weight is 913 g/mol. The fraction of sp³-hybridized carbons (Fsp3) is 0.865. The zero-order valence-electron chi connectivity index (χ0n) is 41.7. The molecule has 2 saturated heterocycles. The van der Waals surface area contributed by atoms with Gasteiger partial charge in [0.1, 0.15) is 12.2 Å². The van der Waals surface area contributed by atoms with Gasteiger partial charge in [0.25, 0.3) is 0 Å². The van der Waals surface area contributed by atoms with E-state index >= 15 is 0 Å². The molecule has 2 heterocycles. The topological polar surface area (TPSA) is 159 Å². The maximum Gasteiger partial charge on any atom is 0.320 e. The number of carbonyl (C=O) groups is 5. The van der Waals surface area contributed by atoms with Gasteiger partial charge < -0.3 is 37.9 Å². The number of hydrogen-bond acceptors (Lipinski definition) is 13. The van der Waals surface area contributed by atoms with Gasteiger partial charge in [-0.05, 0) is 136 Å². The molecule has 20 atom stereocenters. The summed E-state index contributed by atoms with van der Waals surface area (Å²) in [7, 11) is 0. The highest BCUT2D eigenvalue weighted by molar-refractivity contribution is 5.88. The molecule has 13 heteroatoms. The number of rotatable bonds is 10.